The predicted octanol–water partition coefficient (Wildman–Crippen LogP) is 3.55. The third kappa shape index (κ3) is 3.85. The van der Waals surface area contributed by atoms with Crippen molar-refractivity contribution in [3.63, 3.8) is 0 Å². The molecule has 148 valence electrons. The zero-order valence-electron chi connectivity index (χ0n) is 15.9. The summed E-state index contributed by atoms with van der Waals surface area (Å²) in [7, 11) is 0. The number of fused-ring (bicyclic) bond motifs is 1. The molecule has 0 aliphatic carbocycles. The van der Waals surface area contributed by atoms with Crippen LogP contribution in [0.4, 0.5) is 5.00 Å². The van der Waals surface area contributed by atoms with Crippen LogP contribution in [0.3, 0.4) is 0 Å². The highest BCUT2D eigenvalue weighted by Crippen LogP contribution is 2.30. The Morgan fingerprint density at radius 3 is 2.71 bits per heavy atom. The first-order valence-corrected chi connectivity index (χ1v) is 11.2. The van der Waals surface area contributed by atoms with Gasteiger partial charge in [-0.3, -0.25) is 19.0 Å². The quantitative estimate of drug-likeness (QED) is 0.454. The lowest BCUT2D eigenvalue weighted by atomic mass is 10.2. The van der Waals surface area contributed by atoms with Gasteiger partial charge in [0.25, 0.3) is 11.5 Å². The van der Waals surface area contributed by atoms with Gasteiger partial charge in [0, 0.05) is 10.9 Å². The summed E-state index contributed by atoms with van der Waals surface area (Å²) >= 11 is 3.91. The molecule has 0 radical (unpaired) electrons. The van der Waals surface area contributed by atoms with Gasteiger partial charge in [-0.2, -0.15) is 0 Å². The van der Waals surface area contributed by atoms with Crippen molar-refractivity contribution < 1.29 is 9.59 Å². The van der Waals surface area contributed by atoms with Gasteiger partial charge in [-0.25, -0.2) is 4.98 Å². The Balaban J connectivity index is 1.86. The van der Waals surface area contributed by atoms with E-state index in [0.29, 0.717) is 20.4 Å². The van der Waals surface area contributed by atoms with Crippen molar-refractivity contribution in [2.45, 2.75) is 38.9 Å². The van der Waals surface area contributed by atoms with Crippen LogP contribution in [-0.2, 0) is 4.79 Å². The molecule has 0 unspecified atom stereocenters. The molecule has 2 amide bonds. The number of nitrogens with one attached hydrogen (secondary N) is 1. The molecule has 3 rings (SSSR count). The maximum atomic E-state index is 13.0. The number of hydrogen-bond acceptors (Lipinski definition) is 7. The zero-order chi connectivity index (χ0) is 20.6. The summed E-state index contributed by atoms with van der Waals surface area (Å²) in [6.45, 7) is 7.73. The highest BCUT2D eigenvalue weighted by atomic mass is 32.2. The monoisotopic (exact) mass is 436 g/mol. The molecule has 0 spiro atoms. The normalized spacial score (nSPS) is 11.3. The van der Waals surface area contributed by atoms with Gasteiger partial charge in [0.1, 0.15) is 9.83 Å². The fourth-order valence-corrected chi connectivity index (χ4v) is 5.54. The van der Waals surface area contributed by atoms with Gasteiger partial charge in [-0.05, 0) is 44.7 Å². The van der Waals surface area contributed by atoms with Crippen LogP contribution in [0.25, 0.3) is 10.2 Å². The minimum Gasteiger partial charge on any atom is -0.366 e. The van der Waals surface area contributed by atoms with Crippen LogP contribution in [-0.4, -0.2) is 27.1 Å². The van der Waals surface area contributed by atoms with E-state index in [9.17, 15) is 14.4 Å². The molecule has 0 aliphatic rings. The van der Waals surface area contributed by atoms with E-state index in [1.807, 2.05) is 27.7 Å². The van der Waals surface area contributed by atoms with Crippen LogP contribution in [0.2, 0.25) is 0 Å². The molecular weight excluding hydrogens is 416 g/mol. The molecule has 7 nitrogen and oxygen atoms in total. The SMILES string of the molecule is Cc1sc2nc(SCC(=O)Nc3sccc3C(N)=O)n(C(C)C)c(=O)c2c1C. The fourth-order valence-electron chi connectivity index (χ4n) is 2.74. The number of amides is 2. The zero-order valence-corrected chi connectivity index (χ0v) is 18.3. The van der Waals surface area contributed by atoms with Crippen molar-refractivity contribution in [3.05, 3.63) is 37.8 Å². The van der Waals surface area contributed by atoms with E-state index >= 15 is 0 Å². The van der Waals surface area contributed by atoms with E-state index in [0.717, 1.165) is 10.4 Å². The Morgan fingerprint density at radius 1 is 1.36 bits per heavy atom. The van der Waals surface area contributed by atoms with Gasteiger partial charge in [0.2, 0.25) is 5.91 Å². The number of thiophene rings is 2. The van der Waals surface area contributed by atoms with Crippen LogP contribution in [0.5, 0.6) is 0 Å². The lowest BCUT2D eigenvalue weighted by Gasteiger charge is -2.15. The Morgan fingerprint density at radius 2 is 2.07 bits per heavy atom. The van der Waals surface area contributed by atoms with E-state index in [-0.39, 0.29) is 28.8 Å². The molecule has 3 aromatic heterocycles. The molecule has 0 saturated carbocycles. The Kier molecular flexibility index (Phi) is 5.92. The van der Waals surface area contributed by atoms with Gasteiger partial charge in [0.15, 0.2) is 5.16 Å². The minimum absolute atomic E-state index is 0.0596. The molecule has 0 aliphatic heterocycles. The van der Waals surface area contributed by atoms with Crippen molar-refractivity contribution in [1.82, 2.24) is 9.55 Å². The summed E-state index contributed by atoms with van der Waals surface area (Å²) in [6, 6.07) is 1.48. The van der Waals surface area contributed by atoms with Gasteiger partial charge in [-0.15, -0.1) is 22.7 Å². The molecule has 0 aromatic carbocycles. The molecule has 0 saturated heterocycles. The number of hydrogen-bond donors (Lipinski definition) is 2. The summed E-state index contributed by atoms with van der Waals surface area (Å²) in [5.41, 5.74) is 6.46. The molecule has 3 N–H and O–H groups in total. The number of carbonyl (C=O) groups excluding carboxylic acids is 2. The van der Waals surface area contributed by atoms with E-state index in [2.05, 4.69) is 10.3 Å². The largest absolute Gasteiger partial charge is 0.366 e. The maximum absolute atomic E-state index is 13.0. The van der Waals surface area contributed by atoms with Crippen LogP contribution >= 0.6 is 34.4 Å². The van der Waals surface area contributed by atoms with Crippen molar-refractivity contribution in [3.8, 4) is 0 Å². The van der Waals surface area contributed by atoms with Crippen LogP contribution < -0.4 is 16.6 Å². The molecule has 3 heterocycles. The van der Waals surface area contributed by atoms with Gasteiger partial charge in [-0.1, -0.05) is 11.8 Å². The highest BCUT2D eigenvalue weighted by Gasteiger charge is 2.19. The van der Waals surface area contributed by atoms with Gasteiger partial charge < -0.3 is 11.1 Å². The molecule has 3 aromatic rings. The number of carbonyl (C=O) groups is 2. The lowest BCUT2D eigenvalue weighted by Crippen LogP contribution is -2.25. The Hall–Kier alpha value is -2.17. The van der Waals surface area contributed by atoms with E-state index in [4.69, 9.17) is 5.73 Å². The van der Waals surface area contributed by atoms with Crippen molar-refractivity contribution in [1.29, 1.82) is 0 Å². The van der Waals surface area contributed by atoms with E-state index in [1.165, 1.54) is 34.4 Å². The number of anilines is 1. The summed E-state index contributed by atoms with van der Waals surface area (Å²) < 4.78 is 1.62. The maximum Gasteiger partial charge on any atom is 0.263 e. The van der Waals surface area contributed by atoms with Crippen molar-refractivity contribution in [2.75, 3.05) is 11.1 Å². The third-order valence-corrected chi connectivity index (χ3v) is 7.12. The number of aryl methyl sites for hydroxylation is 2. The topological polar surface area (TPSA) is 107 Å². The Labute approximate surface area is 174 Å². The fraction of sp³-hybridized carbons (Fsp3) is 0.333. The number of aromatic nitrogens is 2. The predicted molar refractivity (Wildman–Crippen MR) is 116 cm³/mol. The molecule has 0 fully saturated rings. The molecule has 0 atom stereocenters. The number of nitrogens with zero attached hydrogens (tertiary/aromatic N) is 2. The standard InChI is InChI=1S/C18H20N4O3S3/c1-8(2)22-17(25)13-9(3)10(4)28-16(13)21-18(22)27-7-12(23)20-15-11(14(19)24)5-6-26-15/h5-6,8H,7H2,1-4H3,(H2,19,24)(H,20,23). The lowest BCUT2D eigenvalue weighted by molar-refractivity contribution is -0.113. The molecule has 0 bridgehead atoms. The number of primary amides is 1. The van der Waals surface area contributed by atoms with Crippen molar-refractivity contribution in [2.24, 2.45) is 5.73 Å². The molecule has 28 heavy (non-hydrogen) atoms. The second-order valence-corrected chi connectivity index (χ2v) is 9.55. The second-order valence-electron chi connectivity index (χ2n) is 6.49. The first-order valence-electron chi connectivity index (χ1n) is 8.52. The Bertz CT molecular complexity index is 1130. The summed E-state index contributed by atoms with van der Waals surface area (Å²) in [6.07, 6.45) is 0. The van der Waals surface area contributed by atoms with E-state index in [1.54, 1.807) is 16.0 Å². The summed E-state index contributed by atoms with van der Waals surface area (Å²) in [5.74, 6) is -0.823. The number of rotatable bonds is 6. The number of thioether (sulfide) groups is 1. The number of nitrogens with two attached hydrogens (primary N) is 1. The van der Waals surface area contributed by atoms with Gasteiger partial charge >= 0.3 is 0 Å². The summed E-state index contributed by atoms with van der Waals surface area (Å²) in [4.78, 5) is 43.1. The van der Waals surface area contributed by atoms with E-state index < -0.39 is 5.91 Å². The van der Waals surface area contributed by atoms with Crippen LogP contribution in [0.15, 0.2) is 21.4 Å². The van der Waals surface area contributed by atoms with Gasteiger partial charge in [0.05, 0.1) is 16.7 Å². The van der Waals surface area contributed by atoms with Crippen LogP contribution in [0, 0.1) is 13.8 Å². The van der Waals surface area contributed by atoms with Crippen molar-refractivity contribution >= 4 is 61.5 Å². The average molecular weight is 437 g/mol. The van der Waals surface area contributed by atoms with Crippen LogP contribution in [0.1, 0.15) is 40.7 Å². The first kappa shape index (κ1) is 20.6. The first-order chi connectivity index (χ1) is 13.2. The molecular formula is C18H20N4O3S3. The smallest absolute Gasteiger partial charge is 0.263 e. The summed E-state index contributed by atoms with van der Waals surface area (Å²) in [5, 5.41) is 5.97. The third-order valence-electron chi connectivity index (χ3n) is 4.24. The second kappa shape index (κ2) is 8.06. The minimum atomic E-state index is -0.589. The highest BCUT2D eigenvalue weighted by molar-refractivity contribution is 7.99. The molecule has 10 heteroatoms. The average Bonchev–Trinajstić information content (AvgIpc) is 3.17.